The van der Waals surface area contributed by atoms with Crippen LogP contribution in [0.25, 0.3) is 22.6 Å². The van der Waals surface area contributed by atoms with Gasteiger partial charge in [0.25, 0.3) is 0 Å². The van der Waals surface area contributed by atoms with Crippen molar-refractivity contribution in [2.24, 2.45) is 0 Å². The average Bonchev–Trinajstić information content (AvgIpc) is 3.26. The molecule has 0 amide bonds. The zero-order chi connectivity index (χ0) is 17.6. The minimum atomic E-state index is -1.48. The lowest BCUT2D eigenvalue weighted by molar-refractivity contribution is 0.283. The maximum atomic E-state index is 14.9. The van der Waals surface area contributed by atoms with Crippen molar-refractivity contribution in [2.75, 3.05) is 17.2 Å². The standard InChI is InChI=1S/C15H13FN8S/c16-11(8-4-2-6-25-8)24-15-7(3-1-5-20-15)10(23-24)14-21-12(18)9(17)13(19)22-14/h1-6,11H,17H2,(H4,18,19,21,22). The zero-order valence-corrected chi connectivity index (χ0v) is 13.6. The van der Waals surface area contributed by atoms with E-state index in [9.17, 15) is 4.39 Å². The van der Waals surface area contributed by atoms with Gasteiger partial charge >= 0.3 is 0 Å². The molecule has 1 atom stereocenters. The average molecular weight is 356 g/mol. The summed E-state index contributed by atoms with van der Waals surface area (Å²) in [7, 11) is 0. The third kappa shape index (κ3) is 2.43. The number of fused-ring (bicyclic) bond motifs is 1. The Morgan fingerprint density at radius 3 is 2.52 bits per heavy atom. The molecular formula is C15H13FN8S. The first-order valence-electron chi connectivity index (χ1n) is 7.26. The van der Waals surface area contributed by atoms with Crippen molar-refractivity contribution in [1.29, 1.82) is 0 Å². The summed E-state index contributed by atoms with van der Waals surface area (Å²) < 4.78 is 16.1. The zero-order valence-electron chi connectivity index (χ0n) is 12.8. The Morgan fingerprint density at radius 1 is 1.08 bits per heavy atom. The first-order chi connectivity index (χ1) is 12.1. The van der Waals surface area contributed by atoms with Crippen LogP contribution in [0.2, 0.25) is 0 Å². The van der Waals surface area contributed by atoms with Crippen molar-refractivity contribution in [3.05, 3.63) is 40.7 Å². The van der Waals surface area contributed by atoms with E-state index in [1.54, 1.807) is 35.8 Å². The monoisotopic (exact) mass is 356 g/mol. The van der Waals surface area contributed by atoms with Gasteiger partial charge in [-0.15, -0.1) is 11.3 Å². The molecule has 8 nitrogen and oxygen atoms in total. The molecule has 6 N–H and O–H groups in total. The highest BCUT2D eigenvalue weighted by Crippen LogP contribution is 2.32. The smallest absolute Gasteiger partial charge is 0.228 e. The summed E-state index contributed by atoms with van der Waals surface area (Å²) in [6, 6.07) is 6.95. The molecule has 4 rings (SSSR count). The Labute approximate surface area is 145 Å². The fourth-order valence-corrected chi connectivity index (χ4v) is 3.14. The van der Waals surface area contributed by atoms with E-state index in [1.807, 2.05) is 0 Å². The summed E-state index contributed by atoms with van der Waals surface area (Å²) in [6.07, 6.45) is 0.0903. The van der Waals surface area contributed by atoms with Crippen molar-refractivity contribution in [2.45, 2.75) is 6.30 Å². The number of rotatable bonds is 3. The summed E-state index contributed by atoms with van der Waals surface area (Å²) in [5.41, 5.74) is 18.0. The third-order valence-corrected chi connectivity index (χ3v) is 4.57. The summed E-state index contributed by atoms with van der Waals surface area (Å²) in [4.78, 5) is 13.0. The summed E-state index contributed by atoms with van der Waals surface area (Å²) in [5.74, 6) is 0.257. The predicted molar refractivity (Wildman–Crippen MR) is 95.4 cm³/mol. The molecule has 4 aromatic heterocycles. The van der Waals surface area contributed by atoms with Crippen molar-refractivity contribution in [3.63, 3.8) is 0 Å². The molecule has 0 saturated heterocycles. The molecule has 0 aliphatic rings. The van der Waals surface area contributed by atoms with Crippen molar-refractivity contribution >= 4 is 39.7 Å². The van der Waals surface area contributed by atoms with E-state index in [-0.39, 0.29) is 23.1 Å². The normalized spacial score (nSPS) is 12.5. The number of pyridine rings is 1. The van der Waals surface area contributed by atoms with Gasteiger partial charge in [-0.2, -0.15) is 5.10 Å². The third-order valence-electron chi connectivity index (χ3n) is 3.68. The van der Waals surface area contributed by atoms with E-state index < -0.39 is 6.30 Å². The molecule has 0 aliphatic heterocycles. The topological polar surface area (TPSA) is 135 Å². The van der Waals surface area contributed by atoms with E-state index in [1.165, 1.54) is 16.0 Å². The van der Waals surface area contributed by atoms with E-state index in [4.69, 9.17) is 17.2 Å². The molecule has 1 unspecified atom stereocenters. The number of hydrogen-bond donors (Lipinski definition) is 3. The van der Waals surface area contributed by atoms with Gasteiger partial charge in [0.1, 0.15) is 11.4 Å². The number of aromatic nitrogens is 5. The number of thiophene rings is 1. The van der Waals surface area contributed by atoms with Crippen molar-refractivity contribution in [1.82, 2.24) is 24.7 Å². The predicted octanol–water partition coefficient (Wildman–Crippen LogP) is 2.21. The number of nitrogens with two attached hydrogens (primary N) is 3. The molecule has 0 spiro atoms. The number of nitrogens with zero attached hydrogens (tertiary/aromatic N) is 5. The highest BCUT2D eigenvalue weighted by molar-refractivity contribution is 7.10. The molecule has 0 fully saturated rings. The lowest BCUT2D eigenvalue weighted by Crippen LogP contribution is -2.08. The van der Waals surface area contributed by atoms with E-state index in [0.29, 0.717) is 21.6 Å². The van der Waals surface area contributed by atoms with Gasteiger partial charge in [-0.1, -0.05) is 6.07 Å². The maximum absolute atomic E-state index is 14.9. The minimum Gasteiger partial charge on any atom is -0.393 e. The lowest BCUT2D eigenvalue weighted by atomic mass is 10.2. The maximum Gasteiger partial charge on any atom is 0.228 e. The second kappa shape index (κ2) is 5.67. The van der Waals surface area contributed by atoms with E-state index in [0.717, 1.165) is 0 Å². The van der Waals surface area contributed by atoms with Crippen LogP contribution in [0.5, 0.6) is 0 Å². The van der Waals surface area contributed by atoms with Crippen molar-refractivity contribution in [3.8, 4) is 11.5 Å². The number of alkyl halides is 1. The molecule has 126 valence electrons. The molecule has 0 radical (unpaired) electrons. The SMILES string of the molecule is Nc1nc(-c2nn(C(F)c3cccs3)c3ncccc23)nc(N)c1N. The van der Waals surface area contributed by atoms with Gasteiger partial charge in [-0.3, -0.25) is 0 Å². The van der Waals surface area contributed by atoms with Crippen LogP contribution in [0.15, 0.2) is 35.8 Å². The molecular weight excluding hydrogens is 343 g/mol. The molecule has 4 heterocycles. The van der Waals surface area contributed by atoms with Crippen LogP contribution in [-0.2, 0) is 0 Å². The molecule has 0 aliphatic carbocycles. The molecule has 10 heteroatoms. The molecule has 0 aromatic carbocycles. The Bertz CT molecular complexity index is 1040. The van der Waals surface area contributed by atoms with Gasteiger partial charge < -0.3 is 17.2 Å². The Kier molecular flexibility index (Phi) is 3.46. The second-order valence-electron chi connectivity index (χ2n) is 5.25. The fourth-order valence-electron chi connectivity index (χ4n) is 2.45. The molecule has 4 aromatic rings. The Morgan fingerprint density at radius 2 is 1.84 bits per heavy atom. The first-order valence-corrected chi connectivity index (χ1v) is 8.13. The van der Waals surface area contributed by atoms with Crippen LogP contribution < -0.4 is 17.2 Å². The molecule has 25 heavy (non-hydrogen) atoms. The molecule has 0 saturated carbocycles. The Hall–Kier alpha value is -3.27. The highest BCUT2D eigenvalue weighted by Gasteiger charge is 2.23. The van der Waals surface area contributed by atoms with Gasteiger partial charge in [0, 0.05) is 6.20 Å². The van der Waals surface area contributed by atoms with Crippen LogP contribution in [0.1, 0.15) is 11.2 Å². The van der Waals surface area contributed by atoms with E-state index >= 15 is 0 Å². The van der Waals surface area contributed by atoms with Gasteiger partial charge in [0.05, 0.1) is 10.3 Å². The second-order valence-corrected chi connectivity index (χ2v) is 6.23. The highest BCUT2D eigenvalue weighted by atomic mass is 32.1. The molecule has 0 bridgehead atoms. The largest absolute Gasteiger partial charge is 0.393 e. The van der Waals surface area contributed by atoms with Crippen LogP contribution in [0.4, 0.5) is 21.7 Å². The van der Waals surface area contributed by atoms with Gasteiger partial charge in [0.15, 0.2) is 23.1 Å². The van der Waals surface area contributed by atoms with Crippen LogP contribution in [-0.4, -0.2) is 24.7 Å². The minimum absolute atomic E-state index is 0.0455. The summed E-state index contributed by atoms with van der Waals surface area (Å²) in [6.45, 7) is 0. The van der Waals surface area contributed by atoms with Crippen LogP contribution in [0, 0.1) is 0 Å². The van der Waals surface area contributed by atoms with Crippen LogP contribution in [0.3, 0.4) is 0 Å². The summed E-state index contributed by atoms with van der Waals surface area (Å²) in [5, 5.41) is 6.72. The number of anilines is 3. The number of nitrogen functional groups attached to an aromatic ring is 3. The Balaban J connectivity index is 1.94. The first kappa shape index (κ1) is 15.3. The van der Waals surface area contributed by atoms with E-state index in [2.05, 4.69) is 20.1 Å². The fraction of sp³-hybridized carbons (Fsp3) is 0.0667. The van der Waals surface area contributed by atoms with Gasteiger partial charge in [-0.05, 0) is 23.6 Å². The van der Waals surface area contributed by atoms with Crippen LogP contribution >= 0.6 is 11.3 Å². The quantitative estimate of drug-likeness (QED) is 0.512. The summed E-state index contributed by atoms with van der Waals surface area (Å²) >= 11 is 1.29. The lowest BCUT2D eigenvalue weighted by Gasteiger charge is -2.07. The number of halogens is 1. The number of hydrogen-bond acceptors (Lipinski definition) is 8. The van der Waals surface area contributed by atoms with Crippen molar-refractivity contribution < 1.29 is 4.39 Å². The van der Waals surface area contributed by atoms with Gasteiger partial charge in [-0.25, -0.2) is 24.0 Å². The van der Waals surface area contributed by atoms with Gasteiger partial charge in [0.2, 0.25) is 6.30 Å².